The van der Waals surface area contributed by atoms with E-state index in [4.69, 9.17) is 16.3 Å². The Morgan fingerprint density at radius 3 is 2.27 bits per heavy atom. The number of ether oxygens (including phenoxy) is 1. The van der Waals surface area contributed by atoms with Gasteiger partial charge in [0, 0.05) is 19.0 Å². The summed E-state index contributed by atoms with van der Waals surface area (Å²) >= 11 is 5.73. The molecule has 0 spiro atoms. The van der Waals surface area contributed by atoms with Gasteiger partial charge in [0.15, 0.2) is 0 Å². The number of sulfonamides is 1. The topological polar surface area (TPSA) is 46.6 Å². The SMILES string of the molecule is CC(Cl)CN(C)S(=O)(=O)CCOC(C)C. The predicted octanol–water partition coefficient (Wildman–Crippen LogP) is 1.30. The van der Waals surface area contributed by atoms with Crippen LogP contribution < -0.4 is 0 Å². The van der Waals surface area contributed by atoms with Crippen LogP contribution in [0.15, 0.2) is 0 Å². The summed E-state index contributed by atoms with van der Waals surface area (Å²) < 4.78 is 29.7. The maximum Gasteiger partial charge on any atom is 0.216 e. The first-order valence-corrected chi connectivity index (χ1v) is 7.00. The van der Waals surface area contributed by atoms with Crippen LogP contribution in [-0.4, -0.2) is 50.2 Å². The first-order chi connectivity index (χ1) is 6.75. The molecule has 4 nitrogen and oxygen atoms in total. The number of rotatable bonds is 7. The summed E-state index contributed by atoms with van der Waals surface area (Å²) in [6, 6.07) is 0. The molecule has 0 radical (unpaired) electrons. The minimum Gasteiger partial charge on any atom is -0.378 e. The van der Waals surface area contributed by atoms with Crippen LogP contribution in [0.3, 0.4) is 0 Å². The lowest BCUT2D eigenvalue weighted by Crippen LogP contribution is -2.34. The molecular formula is C9H20ClNO3S. The molecule has 1 unspecified atom stereocenters. The molecule has 0 heterocycles. The zero-order valence-corrected chi connectivity index (χ0v) is 11.3. The third-order valence-corrected chi connectivity index (χ3v) is 3.70. The van der Waals surface area contributed by atoms with E-state index in [0.717, 1.165) is 0 Å². The molecular weight excluding hydrogens is 238 g/mol. The maximum atomic E-state index is 11.6. The van der Waals surface area contributed by atoms with E-state index in [1.807, 2.05) is 13.8 Å². The molecule has 0 saturated heterocycles. The summed E-state index contributed by atoms with van der Waals surface area (Å²) in [6.07, 6.45) is 0.0532. The van der Waals surface area contributed by atoms with Crippen LogP contribution in [0.1, 0.15) is 20.8 Å². The van der Waals surface area contributed by atoms with Crippen LogP contribution in [-0.2, 0) is 14.8 Å². The highest BCUT2D eigenvalue weighted by Crippen LogP contribution is 2.04. The molecule has 6 heteroatoms. The van der Waals surface area contributed by atoms with Crippen LogP contribution in [0.25, 0.3) is 0 Å². The van der Waals surface area contributed by atoms with Gasteiger partial charge in [0.25, 0.3) is 0 Å². The van der Waals surface area contributed by atoms with Crippen molar-refractivity contribution in [2.45, 2.75) is 32.3 Å². The maximum absolute atomic E-state index is 11.6. The van der Waals surface area contributed by atoms with Gasteiger partial charge in [-0.1, -0.05) is 0 Å². The molecule has 0 amide bonds. The van der Waals surface area contributed by atoms with E-state index >= 15 is 0 Å². The highest BCUT2D eigenvalue weighted by molar-refractivity contribution is 7.89. The van der Waals surface area contributed by atoms with Crippen LogP contribution in [0, 0.1) is 0 Å². The van der Waals surface area contributed by atoms with Gasteiger partial charge in [-0.25, -0.2) is 12.7 Å². The molecule has 0 aromatic carbocycles. The minimum absolute atomic E-state index is 0.00525. The summed E-state index contributed by atoms with van der Waals surface area (Å²) in [7, 11) is -1.70. The van der Waals surface area contributed by atoms with E-state index in [2.05, 4.69) is 0 Å². The monoisotopic (exact) mass is 257 g/mol. The number of halogens is 1. The Kier molecular flexibility index (Phi) is 6.75. The fraction of sp³-hybridized carbons (Fsp3) is 1.00. The van der Waals surface area contributed by atoms with Crippen LogP contribution in [0.4, 0.5) is 0 Å². The van der Waals surface area contributed by atoms with E-state index in [0.29, 0.717) is 6.54 Å². The zero-order chi connectivity index (χ0) is 12.1. The fourth-order valence-corrected chi connectivity index (χ4v) is 2.37. The van der Waals surface area contributed by atoms with Crippen molar-refractivity contribution in [3.63, 3.8) is 0 Å². The zero-order valence-electron chi connectivity index (χ0n) is 9.73. The largest absolute Gasteiger partial charge is 0.378 e. The molecule has 92 valence electrons. The van der Waals surface area contributed by atoms with Gasteiger partial charge in [0.05, 0.1) is 18.5 Å². The van der Waals surface area contributed by atoms with Crippen molar-refractivity contribution < 1.29 is 13.2 Å². The van der Waals surface area contributed by atoms with E-state index < -0.39 is 10.0 Å². The van der Waals surface area contributed by atoms with Crippen molar-refractivity contribution >= 4 is 21.6 Å². The van der Waals surface area contributed by atoms with Crippen LogP contribution in [0.2, 0.25) is 0 Å². The summed E-state index contributed by atoms with van der Waals surface area (Å²) in [5.41, 5.74) is 0. The van der Waals surface area contributed by atoms with E-state index in [9.17, 15) is 8.42 Å². The Morgan fingerprint density at radius 1 is 1.33 bits per heavy atom. The Hall–Kier alpha value is 0.160. The molecule has 0 aromatic rings. The molecule has 0 aliphatic carbocycles. The second-order valence-electron chi connectivity index (χ2n) is 3.80. The van der Waals surface area contributed by atoms with Crippen molar-refractivity contribution in [3.8, 4) is 0 Å². The molecule has 0 bridgehead atoms. The molecule has 0 saturated carbocycles. The lowest BCUT2D eigenvalue weighted by Gasteiger charge is -2.18. The molecule has 0 N–H and O–H groups in total. The summed E-state index contributed by atoms with van der Waals surface area (Å²) in [5, 5.41) is -0.184. The van der Waals surface area contributed by atoms with Gasteiger partial charge >= 0.3 is 0 Å². The van der Waals surface area contributed by atoms with E-state index in [-0.39, 0.29) is 23.8 Å². The van der Waals surface area contributed by atoms with Gasteiger partial charge < -0.3 is 4.74 Å². The highest BCUT2D eigenvalue weighted by atomic mass is 35.5. The number of hydrogen-bond acceptors (Lipinski definition) is 3. The molecule has 0 fully saturated rings. The molecule has 0 aromatic heterocycles. The van der Waals surface area contributed by atoms with Gasteiger partial charge in [0.2, 0.25) is 10.0 Å². The standard InChI is InChI=1S/C9H20ClNO3S/c1-8(2)14-5-6-15(12,13)11(4)7-9(3)10/h8-9H,5-7H2,1-4H3. The molecule has 1 atom stereocenters. The van der Waals surface area contributed by atoms with Crippen LogP contribution in [0.5, 0.6) is 0 Å². The Morgan fingerprint density at radius 2 is 1.87 bits per heavy atom. The van der Waals surface area contributed by atoms with Gasteiger partial charge in [0.1, 0.15) is 0 Å². The van der Waals surface area contributed by atoms with Crippen molar-refractivity contribution in [3.05, 3.63) is 0 Å². The van der Waals surface area contributed by atoms with Crippen molar-refractivity contribution in [1.82, 2.24) is 4.31 Å². The lowest BCUT2D eigenvalue weighted by molar-refractivity contribution is 0.0908. The third-order valence-electron chi connectivity index (χ3n) is 1.78. The smallest absolute Gasteiger partial charge is 0.216 e. The quantitative estimate of drug-likeness (QED) is 0.646. The molecule has 15 heavy (non-hydrogen) atoms. The minimum atomic E-state index is -3.23. The van der Waals surface area contributed by atoms with E-state index in [1.165, 1.54) is 11.4 Å². The summed E-state index contributed by atoms with van der Waals surface area (Å²) in [5.74, 6) is 0.00525. The summed E-state index contributed by atoms with van der Waals surface area (Å²) in [4.78, 5) is 0. The average Bonchev–Trinajstić information content (AvgIpc) is 2.01. The van der Waals surface area contributed by atoms with Gasteiger partial charge in [-0.3, -0.25) is 0 Å². The molecule has 0 aliphatic heterocycles. The lowest BCUT2D eigenvalue weighted by atomic mass is 10.5. The second kappa shape index (κ2) is 6.68. The first-order valence-electron chi connectivity index (χ1n) is 4.95. The highest BCUT2D eigenvalue weighted by Gasteiger charge is 2.18. The van der Waals surface area contributed by atoms with E-state index in [1.54, 1.807) is 6.92 Å². The normalized spacial score (nSPS) is 14.9. The Bertz CT molecular complexity index is 265. The number of nitrogens with zero attached hydrogens (tertiary/aromatic N) is 1. The van der Waals surface area contributed by atoms with Gasteiger partial charge in [-0.15, -0.1) is 11.6 Å². The molecule has 0 rings (SSSR count). The average molecular weight is 258 g/mol. The van der Waals surface area contributed by atoms with Crippen LogP contribution >= 0.6 is 11.6 Å². The first kappa shape index (κ1) is 15.2. The van der Waals surface area contributed by atoms with Gasteiger partial charge in [-0.2, -0.15) is 0 Å². The number of hydrogen-bond donors (Lipinski definition) is 0. The van der Waals surface area contributed by atoms with Crippen molar-refractivity contribution in [2.75, 3.05) is 26.0 Å². The predicted molar refractivity (Wildman–Crippen MR) is 62.8 cm³/mol. The summed E-state index contributed by atoms with van der Waals surface area (Å²) in [6.45, 7) is 6.05. The fourth-order valence-electron chi connectivity index (χ4n) is 1.01. The Labute approximate surface area is 97.6 Å². The molecule has 0 aliphatic rings. The third kappa shape index (κ3) is 7.11. The van der Waals surface area contributed by atoms with Gasteiger partial charge in [-0.05, 0) is 20.8 Å². The Balaban J connectivity index is 4.06. The second-order valence-corrected chi connectivity index (χ2v) is 6.74. The number of alkyl halides is 1. The van der Waals surface area contributed by atoms with Crippen molar-refractivity contribution in [2.24, 2.45) is 0 Å². The van der Waals surface area contributed by atoms with Crippen molar-refractivity contribution in [1.29, 1.82) is 0 Å².